The Bertz CT molecular complexity index is 1650. The molecule has 5 atom stereocenters. The van der Waals surface area contributed by atoms with Crippen molar-refractivity contribution in [2.75, 3.05) is 39.6 Å². The third kappa shape index (κ3) is 59.0. The number of hydrogen-bond donors (Lipinski definition) is 3. The number of ether oxygens (including phenoxy) is 4. The summed E-state index contributed by atoms with van der Waals surface area (Å²) in [6.45, 7) is 9.45. The molecule has 2 unspecified atom stereocenters. The quantitative estimate of drug-likeness (QED) is 0.0222. The topological polar surface area (TPSA) is 237 Å². The fraction of sp³-hybridized carbons (Fsp3) is 0.938. The molecule has 0 spiro atoms. The maximum atomic E-state index is 13.0. The fourth-order valence-corrected chi connectivity index (χ4v) is 11.3. The van der Waals surface area contributed by atoms with Crippen molar-refractivity contribution in [1.82, 2.24) is 0 Å². The molecular formula is C65H126O17P2. The van der Waals surface area contributed by atoms with E-state index in [-0.39, 0.29) is 25.7 Å². The van der Waals surface area contributed by atoms with Crippen LogP contribution in [0.25, 0.3) is 0 Å². The van der Waals surface area contributed by atoms with E-state index >= 15 is 0 Å². The summed E-state index contributed by atoms with van der Waals surface area (Å²) in [6, 6.07) is 0. The maximum absolute atomic E-state index is 13.0. The molecule has 19 heteroatoms. The second kappa shape index (κ2) is 57.5. The SMILES string of the molecule is CCCCCCCCCCCCC(=O)O[C@H](COC(=O)CCCCCCCCCC)COP(=O)(O)OC[C@H](O)COP(=O)(O)OC[C@@H](COC(=O)CCCCCCCCCCC(C)C)OC(=O)CCCCCCCCCCCCCCC(C)C. The van der Waals surface area contributed by atoms with E-state index < -0.39 is 97.5 Å². The van der Waals surface area contributed by atoms with E-state index in [2.05, 4.69) is 41.5 Å². The van der Waals surface area contributed by atoms with Gasteiger partial charge in [0.1, 0.15) is 19.3 Å². The van der Waals surface area contributed by atoms with E-state index in [4.69, 9.17) is 37.0 Å². The first-order valence-corrected chi connectivity index (χ1v) is 37.0. The van der Waals surface area contributed by atoms with Crippen molar-refractivity contribution >= 4 is 39.5 Å². The third-order valence-corrected chi connectivity index (χ3v) is 16.9. The van der Waals surface area contributed by atoms with Gasteiger partial charge in [-0.15, -0.1) is 0 Å². The van der Waals surface area contributed by atoms with Crippen LogP contribution < -0.4 is 0 Å². The van der Waals surface area contributed by atoms with Crippen molar-refractivity contribution in [3.05, 3.63) is 0 Å². The van der Waals surface area contributed by atoms with Crippen LogP contribution in [-0.2, 0) is 65.4 Å². The molecule has 3 N–H and O–H groups in total. The molecule has 0 aliphatic carbocycles. The van der Waals surface area contributed by atoms with Crippen LogP contribution in [0.1, 0.15) is 324 Å². The lowest BCUT2D eigenvalue weighted by atomic mass is 10.0. The normalized spacial score (nSPS) is 14.3. The van der Waals surface area contributed by atoms with Gasteiger partial charge in [-0.05, 0) is 37.5 Å². The van der Waals surface area contributed by atoms with E-state index in [9.17, 15) is 43.2 Å². The maximum Gasteiger partial charge on any atom is 0.472 e. The molecule has 0 saturated carbocycles. The molecule has 84 heavy (non-hydrogen) atoms. The number of hydrogen-bond acceptors (Lipinski definition) is 15. The molecular weight excluding hydrogens is 1110 g/mol. The Kier molecular flexibility index (Phi) is 56.2. The van der Waals surface area contributed by atoms with Crippen LogP contribution in [0, 0.1) is 11.8 Å². The average molecular weight is 1240 g/mol. The molecule has 0 radical (unpaired) electrons. The van der Waals surface area contributed by atoms with Gasteiger partial charge in [-0.3, -0.25) is 37.3 Å². The summed E-state index contributed by atoms with van der Waals surface area (Å²) in [5.74, 6) is -0.631. The van der Waals surface area contributed by atoms with Gasteiger partial charge in [0.2, 0.25) is 0 Å². The van der Waals surface area contributed by atoms with Gasteiger partial charge in [-0.25, -0.2) is 9.13 Å². The zero-order chi connectivity index (χ0) is 62.2. The summed E-state index contributed by atoms with van der Waals surface area (Å²) in [4.78, 5) is 72.2. The smallest absolute Gasteiger partial charge is 0.462 e. The van der Waals surface area contributed by atoms with E-state index in [0.29, 0.717) is 25.7 Å². The Morgan fingerprint density at radius 1 is 0.321 bits per heavy atom. The Morgan fingerprint density at radius 2 is 0.548 bits per heavy atom. The lowest BCUT2D eigenvalue weighted by Crippen LogP contribution is -2.30. The standard InChI is InChI=1S/C65H126O17P2/c1-7-9-11-13-15-17-23-31-37-43-49-64(69)81-60(53-75-62(67)47-41-35-29-16-14-12-10-8-2)55-79-83(71,72)77-51-59(66)52-78-84(73,74)80-56-61(54-76-63(68)48-42-36-30-26-25-28-34-40-46-58(5)6)82-65(70)50-44-38-32-24-21-19-18-20-22-27-33-39-45-57(3)4/h57-61,66H,7-56H2,1-6H3,(H,71,72)(H,73,74)/t59-,60+,61+/m0/s1. The van der Waals surface area contributed by atoms with Gasteiger partial charge in [-0.2, -0.15) is 0 Å². The molecule has 0 fully saturated rings. The number of esters is 4. The predicted molar refractivity (Wildman–Crippen MR) is 335 cm³/mol. The number of aliphatic hydroxyl groups is 1. The lowest BCUT2D eigenvalue weighted by Gasteiger charge is -2.21. The van der Waals surface area contributed by atoms with Gasteiger partial charge in [0.05, 0.1) is 26.4 Å². The van der Waals surface area contributed by atoms with Crippen molar-refractivity contribution in [1.29, 1.82) is 0 Å². The first-order valence-electron chi connectivity index (χ1n) is 34.0. The van der Waals surface area contributed by atoms with Gasteiger partial charge in [0.15, 0.2) is 12.2 Å². The summed E-state index contributed by atoms with van der Waals surface area (Å²) in [5, 5.41) is 10.5. The molecule has 0 bridgehead atoms. The van der Waals surface area contributed by atoms with Crippen molar-refractivity contribution in [3.8, 4) is 0 Å². The zero-order valence-electron chi connectivity index (χ0n) is 54.2. The van der Waals surface area contributed by atoms with Crippen LogP contribution >= 0.6 is 15.6 Å². The molecule has 0 rings (SSSR count). The summed E-state index contributed by atoms with van der Waals surface area (Å²) in [6.07, 6.45) is 40.3. The Hall–Kier alpha value is -1.94. The fourth-order valence-electron chi connectivity index (χ4n) is 9.71. The average Bonchev–Trinajstić information content (AvgIpc) is 3.58. The molecule has 0 aliphatic rings. The minimum Gasteiger partial charge on any atom is -0.462 e. The Labute approximate surface area is 511 Å². The first-order chi connectivity index (χ1) is 40.4. The lowest BCUT2D eigenvalue weighted by molar-refractivity contribution is -0.161. The number of unbranched alkanes of at least 4 members (excludes halogenated alkanes) is 34. The number of aliphatic hydroxyl groups excluding tert-OH is 1. The molecule has 0 aromatic heterocycles. The number of rotatable bonds is 64. The summed E-state index contributed by atoms with van der Waals surface area (Å²) in [7, 11) is -9.88. The molecule has 498 valence electrons. The van der Waals surface area contributed by atoms with Crippen LogP contribution in [0.2, 0.25) is 0 Å². The summed E-state index contributed by atoms with van der Waals surface area (Å²) >= 11 is 0. The largest absolute Gasteiger partial charge is 0.472 e. The number of phosphoric ester groups is 2. The molecule has 0 heterocycles. The van der Waals surface area contributed by atoms with Crippen molar-refractivity contribution in [3.63, 3.8) is 0 Å². The predicted octanol–water partition coefficient (Wildman–Crippen LogP) is 18.0. The molecule has 0 amide bonds. The van der Waals surface area contributed by atoms with Crippen LogP contribution in [0.3, 0.4) is 0 Å². The van der Waals surface area contributed by atoms with Crippen LogP contribution in [0.15, 0.2) is 0 Å². The van der Waals surface area contributed by atoms with Gasteiger partial charge in [-0.1, -0.05) is 273 Å². The van der Waals surface area contributed by atoms with Gasteiger partial charge >= 0.3 is 39.5 Å². The van der Waals surface area contributed by atoms with Crippen molar-refractivity contribution in [2.24, 2.45) is 11.8 Å². The van der Waals surface area contributed by atoms with Gasteiger partial charge in [0.25, 0.3) is 0 Å². The highest BCUT2D eigenvalue weighted by atomic mass is 31.2. The Morgan fingerprint density at radius 3 is 0.810 bits per heavy atom. The van der Waals surface area contributed by atoms with Crippen molar-refractivity contribution in [2.45, 2.75) is 342 Å². The van der Waals surface area contributed by atoms with Crippen LogP contribution in [-0.4, -0.2) is 96.7 Å². The van der Waals surface area contributed by atoms with Crippen molar-refractivity contribution < 1.29 is 80.2 Å². The summed E-state index contributed by atoms with van der Waals surface area (Å²) in [5.41, 5.74) is 0. The number of carbonyl (C=O) groups is 4. The number of phosphoric acid groups is 2. The van der Waals surface area contributed by atoms with Gasteiger partial charge in [0, 0.05) is 25.7 Å². The zero-order valence-corrected chi connectivity index (χ0v) is 56.0. The van der Waals surface area contributed by atoms with E-state index in [1.807, 2.05) is 0 Å². The van der Waals surface area contributed by atoms with Crippen LogP contribution in [0.4, 0.5) is 0 Å². The number of carbonyl (C=O) groups excluding carboxylic acids is 4. The monoisotopic (exact) mass is 1240 g/mol. The highest BCUT2D eigenvalue weighted by Crippen LogP contribution is 2.45. The molecule has 0 aliphatic heterocycles. The highest BCUT2D eigenvalue weighted by Gasteiger charge is 2.30. The van der Waals surface area contributed by atoms with Crippen LogP contribution in [0.5, 0.6) is 0 Å². The second-order valence-corrected chi connectivity index (χ2v) is 27.4. The van der Waals surface area contributed by atoms with E-state index in [1.165, 1.54) is 135 Å². The second-order valence-electron chi connectivity index (χ2n) is 24.5. The first kappa shape index (κ1) is 82.1. The van der Waals surface area contributed by atoms with E-state index in [0.717, 1.165) is 108 Å². The minimum absolute atomic E-state index is 0.106. The summed E-state index contributed by atoms with van der Waals surface area (Å²) < 4.78 is 68.0. The highest BCUT2D eigenvalue weighted by molar-refractivity contribution is 7.47. The third-order valence-electron chi connectivity index (χ3n) is 15.0. The minimum atomic E-state index is -4.95. The molecule has 0 aromatic carbocycles. The van der Waals surface area contributed by atoms with E-state index in [1.54, 1.807) is 0 Å². The molecule has 0 aromatic rings. The van der Waals surface area contributed by atoms with Gasteiger partial charge < -0.3 is 33.8 Å². The Balaban J connectivity index is 5.22. The molecule has 0 saturated heterocycles. The molecule has 17 nitrogen and oxygen atoms in total.